The standard InChI is InChI=1S/C21H19IN4O3S/c1-11-17(20(28)29-4)18(15-10-23-25(3)12(15)2)26-19(27)16(30-21(26)24-11)9-13-5-7-14(22)8-6-13/h5-10,18H,1-4H3. The van der Waals surface area contributed by atoms with E-state index in [4.69, 9.17) is 4.74 Å². The second-order valence-electron chi connectivity index (χ2n) is 6.93. The van der Waals surface area contributed by atoms with Gasteiger partial charge in [0, 0.05) is 21.9 Å². The van der Waals surface area contributed by atoms with Crippen molar-refractivity contribution in [2.45, 2.75) is 19.9 Å². The van der Waals surface area contributed by atoms with Gasteiger partial charge in [0.15, 0.2) is 4.80 Å². The summed E-state index contributed by atoms with van der Waals surface area (Å²) in [7, 11) is 3.16. The van der Waals surface area contributed by atoms with E-state index in [1.807, 2.05) is 44.3 Å². The van der Waals surface area contributed by atoms with Gasteiger partial charge >= 0.3 is 5.97 Å². The fourth-order valence-corrected chi connectivity index (χ4v) is 4.89. The summed E-state index contributed by atoms with van der Waals surface area (Å²) in [5, 5.41) is 4.31. The molecule has 0 N–H and O–H groups in total. The molecular formula is C21H19IN4O3S. The Morgan fingerprint density at radius 2 is 1.97 bits per heavy atom. The van der Waals surface area contributed by atoms with Crippen molar-refractivity contribution in [2.24, 2.45) is 12.0 Å². The van der Waals surface area contributed by atoms with Crippen LogP contribution in [0.3, 0.4) is 0 Å². The fraction of sp³-hybridized carbons (Fsp3) is 0.238. The summed E-state index contributed by atoms with van der Waals surface area (Å²) in [5.74, 6) is -0.503. The van der Waals surface area contributed by atoms with Gasteiger partial charge in [0.2, 0.25) is 0 Å². The summed E-state index contributed by atoms with van der Waals surface area (Å²) < 4.78 is 10.00. The Hall–Kier alpha value is -2.53. The number of allylic oxidation sites excluding steroid dienone is 1. The number of ether oxygens (including phenoxy) is 1. The van der Waals surface area contributed by atoms with Crippen molar-refractivity contribution in [3.63, 3.8) is 0 Å². The van der Waals surface area contributed by atoms with Gasteiger partial charge in [0.1, 0.15) is 6.04 Å². The number of hydrogen-bond acceptors (Lipinski definition) is 6. The van der Waals surface area contributed by atoms with Crippen LogP contribution in [0.15, 0.2) is 51.5 Å². The van der Waals surface area contributed by atoms with Crippen molar-refractivity contribution >= 4 is 46.0 Å². The molecule has 30 heavy (non-hydrogen) atoms. The van der Waals surface area contributed by atoms with Crippen molar-refractivity contribution < 1.29 is 9.53 Å². The van der Waals surface area contributed by atoms with Gasteiger partial charge in [-0.25, -0.2) is 9.79 Å². The second kappa shape index (κ2) is 7.95. The molecule has 3 heterocycles. The molecule has 4 rings (SSSR count). The molecule has 0 aliphatic carbocycles. The topological polar surface area (TPSA) is 78.5 Å². The maximum atomic E-state index is 13.4. The van der Waals surface area contributed by atoms with E-state index >= 15 is 0 Å². The van der Waals surface area contributed by atoms with Gasteiger partial charge in [-0.3, -0.25) is 14.0 Å². The minimum Gasteiger partial charge on any atom is -0.466 e. The molecule has 0 bridgehead atoms. The van der Waals surface area contributed by atoms with Crippen molar-refractivity contribution in [2.75, 3.05) is 7.11 Å². The zero-order valence-electron chi connectivity index (χ0n) is 16.8. The molecule has 3 aromatic rings. The van der Waals surface area contributed by atoms with Gasteiger partial charge in [0.25, 0.3) is 5.56 Å². The molecule has 154 valence electrons. The van der Waals surface area contributed by atoms with Crippen LogP contribution in [0.4, 0.5) is 0 Å². The molecule has 0 spiro atoms. The van der Waals surface area contributed by atoms with Crippen LogP contribution < -0.4 is 14.9 Å². The third-order valence-electron chi connectivity index (χ3n) is 5.16. The molecule has 1 aliphatic rings. The van der Waals surface area contributed by atoms with Crippen molar-refractivity contribution in [3.8, 4) is 0 Å². The van der Waals surface area contributed by atoms with Crippen LogP contribution in [0.5, 0.6) is 0 Å². The summed E-state index contributed by atoms with van der Waals surface area (Å²) in [4.78, 5) is 31.2. The second-order valence-corrected chi connectivity index (χ2v) is 9.19. The number of nitrogens with zero attached hydrogens (tertiary/aromatic N) is 4. The van der Waals surface area contributed by atoms with E-state index in [-0.39, 0.29) is 5.56 Å². The number of benzene rings is 1. The average molecular weight is 534 g/mol. The van der Waals surface area contributed by atoms with Gasteiger partial charge in [-0.2, -0.15) is 5.10 Å². The van der Waals surface area contributed by atoms with Gasteiger partial charge in [-0.1, -0.05) is 23.5 Å². The van der Waals surface area contributed by atoms with Crippen LogP contribution in [0, 0.1) is 10.5 Å². The van der Waals surface area contributed by atoms with E-state index < -0.39 is 12.0 Å². The van der Waals surface area contributed by atoms with Crippen LogP contribution in [0.1, 0.15) is 29.8 Å². The summed E-state index contributed by atoms with van der Waals surface area (Å²) in [6.07, 6.45) is 3.54. The highest BCUT2D eigenvalue weighted by atomic mass is 127. The summed E-state index contributed by atoms with van der Waals surface area (Å²) in [6, 6.07) is 7.28. The first-order valence-electron chi connectivity index (χ1n) is 9.16. The maximum absolute atomic E-state index is 13.4. The monoisotopic (exact) mass is 534 g/mol. The maximum Gasteiger partial charge on any atom is 0.338 e. The minimum absolute atomic E-state index is 0.195. The molecule has 1 unspecified atom stereocenters. The predicted molar refractivity (Wildman–Crippen MR) is 123 cm³/mol. The highest BCUT2D eigenvalue weighted by Crippen LogP contribution is 2.32. The van der Waals surface area contributed by atoms with E-state index in [1.54, 1.807) is 22.4 Å². The number of halogens is 1. The van der Waals surface area contributed by atoms with Gasteiger partial charge in [-0.05, 0) is 60.2 Å². The lowest BCUT2D eigenvalue weighted by atomic mass is 9.96. The van der Waals surface area contributed by atoms with E-state index in [1.165, 1.54) is 18.4 Å². The predicted octanol–water partition coefficient (Wildman–Crippen LogP) is 2.05. The molecular weight excluding hydrogens is 515 g/mol. The van der Waals surface area contributed by atoms with Gasteiger partial charge < -0.3 is 4.74 Å². The molecule has 9 heteroatoms. The number of aromatic nitrogens is 3. The highest BCUT2D eigenvalue weighted by Gasteiger charge is 2.34. The molecule has 1 atom stereocenters. The Morgan fingerprint density at radius 1 is 1.27 bits per heavy atom. The van der Waals surface area contributed by atoms with Crippen LogP contribution in [0.25, 0.3) is 6.08 Å². The number of carbonyl (C=O) groups excluding carboxylic acids is 1. The Bertz CT molecular complexity index is 1360. The average Bonchev–Trinajstić information content (AvgIpc) is 3.21. The van der Waals surface area contributed by atoms with Crippen LogP contribution in [-0.2, 0) is 16.6 Å². The summed E-state index contributed by atoms with van der Waals surface area (Å²) >= 11 is 3.55. The minimum atomic E-state index is -0.638. The van der Waals surface area contributed by atoms with Crippen molar-refractivity contribution in [1.82, 2.24) is 14.3 Å². The number of methoxy groups -OCH3 is 1. The first-order valence-corrected chi connectivity index (χ1v) is 11.1. The summed E-state index contributed by atoms with van der Waals surface area (Å²) in [5.41, 5.74) is 3.26. The summed E-state index contributed by atoms with van der Waals surface area (Å²) in [6.45, 7) is 3.68. The highest BCUT2D eigenvalue weighted by molar-refractivity contribution is 14.1. The molecule has 0 saturated carbocycles. The van der Waals surface area contributed by atoms with Crippen molar-refractivity contribution in [3.05, 3.63) is 81.8 Å². The van der Waals surface area contributed by atoms with E-state index in [0.717, 1.165) is 20.4 Å². The fourth-order valence-electron chi connectivity index (χ4n) is 3.48. The normalized spacial score (nSPS) is 16.4. The first kappa shape index (κ1) is 20.7. The lowest BCUT2D eigenvalue weighted by Crippen LogP contribution is -2.40. The van der Waals surface area contributed by atoms with Crippen molar-refractivity contribution in [1.29, 1.82) is 0 Å². The lowest BCUT2D eigenvalue weighted by molar-refractivity contribution is -0.136. The molecule has 7 nitrogen and oxygen atoms in total. The molecule has 2 aromatic heterocycles. The Morgan fingerprint density at radius 3 is 2.57 bits per heavy atom. The Balaban J connectivity index is 1.99. The smallest absolute Gasteiger partial charge is 0.338 e. The van der Waals surface area contributed by atoms with Crippen LogP contribution >= 0.6 is 33.9 Å². The molecule has 0 saturated heterocycles. The number of hydrogen-bond donors (Lipinski definition) is 0. The van der Waals surface area contributed by atoms with E-state index in [0.29, 0.717) is 20.6 Å². The zero-order valence-corrected chi connectivity index (χ0v) is 19.8. The first-order chi connectivity index (χ1) is 14.3. The molecule has 0 fully saturated rings. The van der Waals surface area contributed by atoms with E-state index in [2.05, 4.69) is 32.7 Å². The lowest BCUT2D eigenvalue weighted by Gasteiger charge is -2.23. The number of esters is 1. The third kappa shape index (κ3) is 3.45. The zero-order chi connectivity index (χ0) is 21.6. The van der Waals surface area contributed by atoms with Crippen LogP contribution in [0.2, 0.25) is 0 Å². The number of thiazole rings is 1. The third-order valence-corrected chi connectivity index (χ3v) is 6.86. The Kier molecular flexibility index (Phi) is 5.49. The Labute approximate surface area is 190 Å². The molecule has 1 aliphatic heterocycles. The van der Waals surface area contributed by atoms with Crippen LogP contribution in [-0.4, -0.2) is 27.4 Å². The largest absolute Gasteiger partial charge is 0.466 e. The number of carbonyl (C=O) groups is 1. The molecule has 0 amide bonds. The quantitative estimate of drug-likeness (QED) is 0.381. The number of fused-ring (bicyclic) bond motifs is 1. The number of rotatable bonds is 3. The molecule has 1 aromatic carbocycles. The van der Waals surface area contributed by atoms with Gasteiger partial charge in [0.05, 0.1) is 29.1 Å². The number of aryl methyl sites for hydroxylation is 1. The van der Waals surface area contributed by atoms with E-state index in [9.17, 15) is 9.59 Å². The van der Waals surface area contributed by atoms with Gasteiger partial charge in [-0.15, -0.1) is 0 Å². The molecule has 0 radical (unpaired) electrons. The SMILES string of the molecule is COC(=O)C1=C(C)N=c2sc(=Cc3ccc(I)cc3)c(=O)n2C1c1cnn(C)c1C.